The summed E-state index contributed by atoms with van der Waals surface area (Å²) in [5.74, 6) is -0.00384. The van der Waals surface area contributed by atoms with E-state index in [4.69, 9.17) is 17.2 Å². The summed E-state index contributed by atoms with van der Waals surface area (Å²) in [5.41, 5.74) is 18.2. The molecule has 0 saturated carbocycles. The Bertz CT molecular complexity index is 498. The maximum absolute atomic E-state index is 5.70. The van der Waals surface area contributed by atoms with E-state index in [2.05, 4.69) is 21.0 Å². The third-order valence-corrected chi connectivity index (χ3v) is 3.31. The normalized spacial score (nSPS) is 16.9. The number of likely N-dealkylation sites (tertiary alicyclic amines) is 1. The lowest BCUT2D eigenvalue weighted by atomic mass is 10.1. The highest BCUT2D eigenvalue weighted by Crippen LogP contribution is 2.22. The van der Waals surface area contributed by atoms with Crippen molar-refractivity contribution in [1.29, 1.82) is 0 Å². The molecule has 0 aromatic heterocycles. The molecule has 0 atom stereocenters. The van der Waals surface area contributed by atoms with Gasteiger partial charge in [-0.1, -0.05) is 24.6 Å². The molecule has 1 saturated heterocycles. The molecule has 1 aromatic carbocycles. The Morgan fingerprint density at radius 1 is 1.05 bits per heavy atom. The van der Waals surface area contributed by atoms with Crippen LogP contribution in [0, 0.1) is 0 Å². The first kappa shape index (κ1) is 14.3. The van der Waals surface area contributed by atoms with Gasteiger partial charge in [0.05, 0.1) is 5.69 Å². The lowest BCUT2D eigenvalue weighted by molar-refractivity contribution is 0.221. The van der Waals surface area contributed by atoms with E-state index in [1.54, 1.807) is 0 Å². The van der Waals surface area contributed by atoms with Crippen molar-refractivity contribution in [2.45, 2.75) is 25.8 Å². The molecule has 1 aromatic rings. The highest BCUT2D eigenvalue weighted by molar-refractivity contribution is 5.93. The van der Waals surface area contributed by atoms with E-state index in [1.165, 1.54) is 19.3 Å². The summed E-state index contributed by atoms with van der Waals surface area (Å²) >= 11 is 0. The Morgan fingerprint density at radius 3 is 2.45 bits per heavy atom. The lowest BCUT2D eigenvalue weighted by Crippen LogP contribution is -2.29. The Hall–Kier alpha value is -2.08. The maximum atomic E-state index is 5.70. The van der Waals surface area contributed by atoms with Crippen LogP contribution in [-0.2, 0) is 6.54 Å². The molecule has 0 amide bonds. The second-order valence-electron chi connectivity index (χ2n) is 4.97. The van der Waals surface area contributed by atoms with Crippen molar-refractivity contribution in [3.05, 3.63) is 29.8 Å². The molecule has 6 heteroatoms. The first-order valence-electron chi connectivity index (χ1n) is 6.89. The van der Waals surface area contributed by atoms with Crippen LogP contribution >= 0.6 is 0 Å². The van der Waals surface area contributed by atoms with Crippen molar-refractivity contribution < 1.29 is 0 Å². The van der Waals surface area contributed by atoms with Gasteiger partial charge in [0.1, 0.15) is 0 Å². The Labute approximate surface area is 119 Å². The van der Waals surface area contributed by atoms with Crippen LogP contribution in [-0.4, -0.2) is 29.9 Å². The quantitative estimate of drug-likeness (QED) is 0.562. The predicted octanol–water partition coefficient (Wildman–Crippen LogP) is 0.892. The lowest BCUT2D eigenvalue weighted by Gasteiger charge is -2.26. The summed E-state index contributed by atoms with van der Waals surface area (Å²) in [5, 5.41) is 0. The average molecular weight is 274 g/mol. The van der Waals surface area contributed by atoms with Crippen LogP contribution < -0.4 is 17.2 Å². The van der Waals surface area contributed by atoms with E-state index in [0.29, 0.717) is 0 Å². The number of nitrogens with two attached hydrogens (primary N) is 3. The van der Waals surface area contributed by atoms with Gasteiger partial charge in [0.25, 0.3) is 0 Å². The molecule has 1 aliphatic heterocycles. The maximum Gasteiger partial charge on any atom is 0.223 e. The fourth-order valence-corrected chi connectivity index (χ4v) is 2.39. The molecule has 2 rings (SSSR count). The van der Waals surface area contributed by atoms with Gasteiger partial charge in [-0.25, -0.2) is 4.99 Å². The summed E-state index contributed by atoms with van der Waals surface area (Å²) in [6.45, 7) is 3.16. The second-order valence-corrected chi connectivity index (χ2v) is 4.97. The van der Waals surface area contributed by atoms with Gasteiger partial charge >= 0.3 is 0 Å². The van der Waals surface area contributed by atoms with Gasteiger partial charge in [-0.05, 0) is 37.6 Å². The minimum absolute atomic E-state index is 0.0797. The van der Waals surface area contributed by atoms with Crippen molar-refractivity contribution in [2.24, 2.45) is 27.2 Å². The zero-order valence-corrected chi connectivity index (χ0v) is 11.6. The SMILES string of the molecule is NC(N)=NC(N)=Nc1ccccc1CN1CCCCC1. The molecular formula is C14H22N6. The van der Waals surface area contributed by atoms with E-state index in [9.17, 15) is 0 Å². The van der Waals surface area contributed by atoms with Crippen molar-refractivity contribution in [3.63, 3.8) is 0 Å². The summed E-state index contributed by atoms with van der Waals surface area (Å²) in [7, 11) is 0. The van der Waals surface area contributed by atoms with Crippen LogP contribution in [0.4, 0.5) is 5.69 Å². The van der Waals surface area contributed by atoms with Crippen LogP contribution in [0.25, 0.3) is 0 Å². The van der Waals surface area contributed by atoms with Gasteiger partial charge in [0.15, 0.2) is 5.96 Å². The molecule has 108 valence electrons. The summed E-state index contributed by atoms with van der Waals surface area (Å²) in [6, 6.07) is 7.93. The van der Waals surface area contributed by atoms with Crippen molar-refractivity contribution >= 4 is 17.6 Å². The molecule has 20 heavy (non-hydrogen) atoms. The van der Waals surface area contributed by atoms with Crippen LogP contribution in [0.15, 0.2) is 34.3 Å². The number of para-hydroxylation sites is 1. The molecule has 0 bridgehead atoms. The number of piperidine rings is 1. The van der Waals surface area contributed by atoms with Crippen LogP contribution in [0.3, 0.4) is 0 Å². The first-order valence-corrected chi connectivity index (χ1v) is 6.89. The van der Waals surface area contributed by atoms with E-state index in [0.717, 1.165) is 30.9 Å². The smallest absolute Gasteiger partial charge is 0.223 e. The van der Waals surface area contributed by atoms with E-state index < -0.39 is 0 Å². The molecule has 1 aliphatic rings. The molecular weight excluding hydrogens is 252 g/mol. The van der Waals surface area contributed by atoms with Crippen molar-refractivity contribution in [3.8, 4) is 0 Å². The van der Waals surface area contributed by atoms with Gasteiger partial charge in [0.2, 0.25) is 5.96 Å². The van der Waals surface area contributed by atoms with Crippen molar-refractivity contribution in [2.75, 3.05) is 13.1 Å². The molecule has 6 nitrogen and oxygen atoms in total. The van der Waals surface area contributed by atoms with Crippen molar-refractivity contribution in [1.82, 2.24) is 4.90 Å². The third-order valence-electron chi connectivity index (χ3n) is 3.31. The van der Waals surface area contributed by atoms with Crippen LogP contribution in [0.1, 0.15) is 24.8 Å². The topological polar surface area (TPSA) is 106 Å². The minimum Gasteiger partial charge on any atom is -0.370 e. The molecule has 1 fully saturated rings. The average Bonchev–Trinajstić information content (AvgIpc) is 2.41. The number of hydrogen-bond donors (Lipinski definition) is 3. The van der Waals surface area contributed by atoms with Crippen LogP contribution in [0.2, 0.25) is 0 Å². The number of rotatable bonds is 3. The van der Waals surface area contributed by atoms with E-state index in [1.807, 2.05) is 18.2 Å². The number of nitrogens with zero attached hydrogens (tertiary/aromatic N) is 3. The Morgan fingerprint density at radius 2 is 1.75 bits per heavy atom. The van der Waals surface area contributed by atoms with Crippen LogP contribution in [0.5, 0.6) is 0 Å². The van der Waals surface area contributed by atoms with E-state index >= 15 is 0 Å². The Kier molecular flexibility index (Phi) is 4.95. The van der Waals surface area contributed by atoms with E-state index in [-0.39, 0.29) is 11.9 Å². The zero-order chi connectivity index (χ0) is 14.4. The minimum atomic E-state index is -0.0836. The molecule has 0 spiro atoms. The number of benzene rings is 1. The summed E-state index contributed by atoms with van der Waals surface area (Å²) in [6.07, 6.45) is 3.86. The summed E-state index contributed by atoms with van der Waals surface area (Å²) in [4.78, 5) is 10.5. The van der Waals surface area contributed by atoms with Gasteiger partial charge in [0, 0.05) is 6.54 Å². The predicted molar refractivity (Wildman–Crippen MR) is 82.7 cm³/mol. The number of hydrogen-bond acceptors (Lipinski definition) is 2. The fraction of sp³-hybridized carbons (Fsp3) is 0.429. The first-order chi connectivity index (χ1) is 9.65. The monoisotopic (exact) mass is 274 g/mol. The molecule has 0 aliphatic carbocycles. The number of guanidine groups is 2. The van der Waals surface area contributed by atoms with Gasteiger partial charge < -0.3 is 17.2 Å². The van der Waals surface area contributed by atoms with Gasteiger partial charge in [-0.2, -0.15) is 4.99 Å². The highest BCUT2D eigenvalue weighted by atomic mass is 15.1. The molecule has 0 radical (unpaired) electrons. The second kappa shape index (κ2) is 6.91. The molecule has 0 unspecified atom stereocenters. The molecule has 1 heterocycles. The zero-order valence-electron chi connectivity index (χ0n) is 11.6. The molecule has 6 N–H and O–H groups in total. The van der Waals surface area contributed by atoms with Gasteiger partial charge in [-0.3, -0.25) is 4.90 Å². The number of aliphatic imine (C=N–C) groups is 2. The van der Waals surface area contributed by atoms with Gasteiger partial charge in [-0.15, -0.1) is 0 Å². The third kappa shape index (κ3) is 4.24. The standard InChI is InChI=1S/C14H22N6/c15-13(16)19-14(17)18-12-7-3-2-6-11(12)10-20-8-4-1-5-9-20/h2-3,6-7H,1,4-5,8-10H2,(H6,15,16,17,18,19). The Balaban J connectivity index is 2.15. The summed E-state index contributed by atoms with van der Waals surface area (Å²) < 4.78 is 0. The fourth-order valence-electron chi connectivity index (χ4n) is 2.39. The highest BCUT2D eigenvalue weighted by Gasteiger charge is 2.12. The largest absolute Gasteiger partial charge is 0.370 e.